The number of hydrogen-bond donors (Lipinski definition) is 1. The lowest BCUT2D eigenvalue weighted by Gasteiger charge is -2.29. The normalized spacial score (nSPS) is 22.5. The number of halogens is 3. The third kappa shape index (κ3) is 2.68. The van der Waals surface area contributed by atoms with Crippen molar-refractivity contribution in [3.05, 3.63) is 47.8 Å². The summed E-state index contributed by atoms with van der Waals surface area (Å²) >= 11 is 0. The second-order valence-electron chi connectivity index (χ2n) is 5.46. The third-order valence-corrected chi connectivity index (χ3v) is 3.89. The van der Waals surface area contributed by atoms with E-state index in [1.807, 2.05) is 0 Å². The van der Waals surface area contributed by atoms with Crippen molar-refractivity contribution >= 4 is 0 Å². The van der Waals surface area contributed by atoms with Gasteiger partial charge in [0.25, 0.3) is 0 Å². The van der Waals surface area contributed by atoms with E-state index in [2.05, 4.69) is 17.2 Å². The average Bonchev–Trinajstić information content (AvgIpc) is 2.93. The van der Waals surface area contributed by atoms with Gasteiger partial charge in [-0.2, -0.15) is 0 Å². The van der Waals surface area contributed by atoms with Gasteiger partial charge in [-0.15, -0.1) is 0 Å². The van der Waals surface area contributed by atoms with Gasteiger partial charge in [-0.1, -0.05) is 0 Å². The molecule has 2 atom stereocenters. The third-order valence-electron chi connectivity index (χ3n) is 3.89. The number of aromatic nitrogens is 2. The summed E-state index contributed by atoms with van der Waals surface area (Å²) in [5.74, 6) is -3.85. The fourth-order valence-electron chi connectivity index (χ4n) is 2.83. The Bertz CT molecular complexity index is 630. The molecular formula is C15H16F3N3. The maximum atomic E-state index is 13.4. The minimum Gasteiger partial charge on any atom is -0.306 e. The topological polar surface area (TPSA) is 29.9 Å². The second-order valence-corrected chi connectivity index (χ2v) is 5.46. The van der Waals surface area contributed by atoms with Crippen LogP contribution in [0.5, 0.6) is 0 Å². The van der Waals surface area contributed by atoms with Gasteiger partial charge in [0, 0.05) is 24.2 Å². The molecule has 2 unspecified atom stereocenters. The first-order chi connectivity index (χ1) is 10.1. The first-order valence-electron chi connectivity index (χ1n) is 6.99. The van der Waals surface area contributed by atoms with Crippen LogP contribution >= 0.6 is 0 Å². The minimum atomic E-state index is -1.45. The highest BCUT2D eigenvalue weighted by Gasteiger charge is 2.23. The largest absolute Gasteiger partial charge is 0.306 e. The number of nitrogens with zero attached hydrogens (tertiary/aromatic N) is 2. The Morgan fingerprint density at radius 3 is 2.57 bits per heavy atom. The molecule has 2 heterocycles. The number of piperidine rings is 1. The summed E-state index contributed by atoms with van der Waals surface area (Å²) in [4.78, 5) is 4.06. The van der Waals surface area contributed by atoms with Crippen LogP contribution in [0.1, 0.15) is 37.9 Å². The maximum Gasteiger partial charge on any atom is 0.194 e. The van der Waals surface area contributed by atoms with Crippen molar-refractivity contribution in [1.29, 1.82) is 0 Å². The van der Waals surface area contributed by atoms with Gasteiger partial charge in [0.05, 0.1) is 23.9 Å². The minimum absolute atomic E-state index is 0.0763. The zero-order chi connectivity index (χ0) is 15.0. The number of benzene rings is 1. The summed E-state index contributed by atoms with van der Waals surface area (Å²) in [6.45, 7) is 2.10. The predicted molar refractivity (Wildman–Crippen MR) is 72.6 cm³/mol. The molecule has 1 aliphatic rings. The van der Waals surface area contributed by atoms with Crippen molar-refractivity contribution in [3.8, 4) is 5.69 Å². The van der Waals surface area contributed by atoms with E-state index in [1.165, 1.54) is 6.33 Å². The molecule has 0 aliphatic carbocycles. The Labute approximate surface area is 120 Å². The molecule has 21 heavy (non-hydrogen) atoms. The van der Waals surface area contributed by atoms with Gasteiger partial charge in [-0.05, 0) is 26.2 Å². The lowest BCUT2D eigenvalue weighted by atomic mass is 9.97. The number of hydrogen-bond acceptors (Lipinski definition) is 2. The molecule has 3 rings (SSSR count). The molecule has 0 bridgehead atoms. The Morgan fingerprint density at radius 2 is 1.90 bits per heavy atom. The van der Waals surface area contributed by atoms with Crippen molar-refractivity contribution in [3.63, 3.8) is 0 Å². The van der Waals surface area contributed by atoms with Gasteiger partial charge in [-0.3, -0.25) is 0 Å². The van der Waals surface area contributed by atoms with Crippen LogP contribution in [0.15, 0.2) is 24.7 Å². The van der Waals surface area contributed by atoms with E-state index >= 15 is 0 Å². The van der Waals surface area contributed by atoms with Crippen LogP contribution in [0.2, 0.25) is 0 Å². The molecule has 1 aromatic carbocycles. The fraction of sp³-hybridized carbons (Fsp3) is 0.400. The Kier molecular flexibility index (Phi) is 3.71. The van der Waals surface area contributed by atoms with E-state index in [4.69, 9.17) is 0 Å². The summed E-state index contributed by atoms with van der Waals surface area (Å²) < 4.78 is 41.5. The van der Waals surface area contributed by atoms with Gasteiger partial charge in [0.1, 0.15) is 0 Å². The van der Waals surface area contributed by atoms with E-state index in [-0.39, 0.29) is 11.7 Å². The molecule has 1 N–H and O–H groups in total. The molecule has 0 radical (unpaired) electrons. The second kappa shape index (κ2) is 5.52. The average molecular weight is 295 g/mol. The highest BCUT2D eigenvalue weighted by Crippen LogP contribution is 2.28. The Balaban J connectivity index is 1.99. The SMILES string of the molecule is CC1CCCC(c2cncn2-c2cc(F)c(F)c(F)c2)N1. The zero-order valence-corrected chi connectivity index (χ0v) is 11.6. The molecule has 2 aromatic rings. The van der Waals surface area contributed by atoms with Crippen molar-refractivity contribution in [2.24, 2.45) is 0 Å². The van der Waals surface area contributed by atoms with Crippen molar-refractivity contribution in [2.45, 2.75) is 38.3 Å². The highest BCUT2D eigenvalue weighted by molar-refractivity contribution is 5.36. The van der Waals surface area contributed by atoms with E-state index in [0.29, 0.717) is 6.04 Å². The molecule has 0 amide bonds. The molecule has 6 heteroatoms. The van der Waals surface area contributed by atoms with Crippen LogP contribution in [0.25, 0.3) is 5.69 Å². The first kappa shape index (κ1) is 14.1. The van der Waals surface area contributed by atoms with Crippen LogP contribution in [0, 0.1) is 17.5 Å². The van der Waals surface area contributed by atoms with Crippen molar-refractivity contribution in [1.82, 2.24) is 14.9 Å². The van der Waals surface area contributed by atoms with Crippen LogP contribution in [0.3, 0.4) is 0 Å². The lowest BCUT2D eigenvalue weighted by molar-refractivity contribution is 0.334. The van der Waals surface area contributed by atoms with Gasteiger partial charge >= 0.3 is 0 Å². The van der Waals surface area contributed by atoms with Crippen LogP contribution in [-0.2, 0) is 0 Å². The van der Waals surface area contributed by atoms with Crippen LogP contribution < -0.4 is 5.32 Å². The molecular weight excluding hydrogens is 279 g/mol. The van der Waals surface area contributed by atoms with E-state index in [0.717, 1.165) is 37.1 Å². The molecule has 1 saturated heterocycles. The van der Waals surface area contributed by atoms with E-state index < -0.39 is 17.5 Å². The maximum absolute atomic E-state index is 13.4. The summed E-state index contributed by atoms with van der Waals surface area (Å²) in [5, 5.41) is 3.45. The quantitative estimate of drug-likeness (QED) is 0.860. The van der Waals surface area contributed by atoms with Crippen molar-refractivity contribution < 1.29 is 13.2 Å². The number of rotatable bonds is 2. The first-order valence-corrected chi connectivity index (χ1v) is 6.99. The fourth-order valence-corrected chi connectivity index (χ4v) is 2.83. The molecule has 0 spiro atoms. The van der Waals surface area contributed by atoms with E-state index in [9.17, 15) is 13.2 Å². The standard InChI is InChI=1S/C15H16F3N3/c1-9-3-2-4-13(20-9)14-7-19-8-21(14)10-5-11(16)15(18)12(17)6-10/h5-9,13,20H,2-4H2,1H3. The van der Waals surface area contributed by atoms with Crippen LogP contribution in [-0.4, -0.2) is 15.6 Å². The molecule has 112 valence electrons. The Morgan fingerprint density at radius 1 is 1.19 bits per heavy atom. The molecule has 1 fully saturated rings. The van der Waals surface area contributed by atoms with Gasteiger partial charge < -0.3 is 9.88 Å². The summed E-state index contributed by atoms with van der Waals surface area (Å²) in [6.07, 6.45) is 6.28. The van der Waals surface area contributed by atoms with Gasteiger partial charge in [-0.25, -0.2) is 18.2 Å². The van der Waals surface area contributed by atoms with E-state index in [1.54, 1.807) is 10.8 Å². The smallest absolute Gasteiger partial charge is 0.194 e. The monoisotopic (exact) mass is 295 g/mol. The lowest BCUT2D eigenvalue weighted by Crippen LogP contribution is -2.35. The highest BCUT2D eigenvalue weighted by atomic mass is 19.2. The van der Waals surface area contributed by atoms with Crippen molar-refractivity contribution in [2.75, 3.05) is 0 Å². The summed E-state index contributed by atoms with van der Waals surface area (Å²) in [6, 6.07) is 2.42. The predicted octanol–water partition coefficient (Wildman–Crippen LogP) is 3.49. The Hall–Kier alpha value is -1.82. The molecule has 1 aromatic heterocycles. The summed E-state index contributed by atoms with van der Waals surface area (Å²) in [5.41, 5.74) is 1.06. The number of nitrogens with one attached hydrogen (secondary N) is 1. The molecule has 0 saturated carbocycles. The zero-order valence-electron chi connectivity index (χ0n) is 11.6. The molecule has 1 aliphatic heterocycles. The van der Waals surface area contributed by atoms with Gasteiger partial charge in [0.2, 0.25) is 0 Å². The van der Waals surface area contributed by atoms with Crippen LogP contribution in [0.4, 0.5) is 13.2 Å². The van der Waals surface area contributed by atoms with Gasteiger partial charge in [0.15, 0.2) is 17.5 Å². The number of imidazole rings is 1. The molecule has 3 nitrogen and oxygen atoms in total. The summed E-state index contributed by atoms with van der Waals surface area (Å²) in [7, 11) is 0.